The Hall–Kier alpha value is -2.83. The van der Waals surface area contributed by atoms with Crippen molar-refractivity contribution in [3.8, 4) is 11.4 Å². The van der Waals surface area contributed by atoms with Crippen LogP contribution in [0.1, 0.15) is 30.7 Å². The van der Waals surface area contributed by atoms with Crippen LogP contribution in [0.15, 0.2) is 54.6 Å². The fraction of sp³-hybridized carbons (Fsp3) is 0.385. The number of aliphatic hydroxyl groups excluding tert-OH is 1. The smallest absolute Gasteiger partial charge is 0.161 e. The van der Waals surface area contributed by atoms with E-state index in [1.54, 1.807) is 0 Å². The highest BCUT2D eigenvalue weighted by molar-refractivity contribution is 5.61. The number of halogens is 1. The number of β-amino-alcohol motifs (C(OH)–C–C–N with tert-alkyl or cyclic N) is 1. The van der Waals surface area contributed by atoms with Crippen LogP contribution in [0, 0.1) is 5.82 Å². The number of piperazine rings is 1. The molecule has 5 nitrogen and oxygen atoms in total. The number of hydrogen-bond acceptors (Lipinski definition) is 5. The fourth-order valence-electron chi connectivity index (χ4n) is 4.29. The SMILES string of the molecule is CCc1nc(-c2ccccc2)nc(N2CCN(C[C@H](C)O)CC2)c1Cc1ccc(F)cc1. The number of rotatable bonds is 7. The first-order chi connectivity index (χ1) is 15.5. The van der Waals surface area contributed by atoms with Gasteiger partial charge in [0.15, 0.2) is 5.82 Å². The third-order valence-electron chi connectivity index (χ3n) is 5.93. The molecule has 0 saturated carbocycles. The molecule has 1 saturated heterocycles. The standard InChI is InChI=1S/C26H31FN4O/c1-3-24-23(17-20-9-11-22(27)12-10-20)26(29-25(28-24)21-7-5-4-6-8-21)31-15-13-30(14-16-31)18-19(2)32/h4-12,19,32H,3,13-18H2,1-2H3/t19-/m0/s1. The molecule has 168 valence electrons. The number of benzene rings is 2. The number of nitrogens with zero attached hydrogens (tertiary/aromatic N) is 4. The van der Waals surface area contributed by atoms with E-state index in [1.165, 1.54) is 12.1 Å². The predicted molar refractivity (Wildman–Crippen MR) is 126 cm³/mol. The largest absolute Gasteiger partial charge is 0.392 e. The summed E-state index contributed by atoms with van der Waals surface area (Å²) in [5, 5.41) is 9.74. The van der Waals surface area contributed by atoms with Gasteiger partial charge >= 0.3 is 0 Å². The highest BCUT2D eigenvalue weighted by atomic mass is 19.1. The van der Waals surface area contributed by atoms with E-state index in [-0.39, 0.29) is 11.9 Å². The highest BCUT2D eigenvalue weighted by Gasteiger charge is 2.24. The molecule has 3 aromatic rings. The van der Waals surface area contributed by atoms with Crippen molar-refractivity contribution in [1.29, 1.82) is 0 Å². The molecule has 1 N–H and O–H groups in total. The molecular formula is C26H31FN4O. The van der Waals surface area contributed by atoms with Gasteiger partial charge < -0.3 is 10.0 Å². The molecule has 2 heterocycles. The van der Waals surface area contributed by atoms with Gasteiger partial charge in [-0.2, -0.15) is 0 Å². The average molecular weight is 435 g/mol. The van der Waals surface area contributed by atoms with E-state index in [0.29, 0.717) is 13.0 Å². The summed E-state index contributed by atoms with van der Waals surface area (Å²) in [6.45, 7) is 8.09. The van der Waals surface area contributed by atoms with Crippen LogP contribution < -0.4 is 4.90 Å². The second-order valence-electron chi connectivity index (χ2n) is 8.46. The molecule has 0 unspecified atom stereocenters. The molecule has 1 aliphatic rings. The number of anilines is 1. The van der Waals surface area contributed by atoms with E-state index in [4.69, 9.17) is 9.97 Å². The van der Waals surface area contributed by atoms with Crippen molar-refractivity contribution in [3.63, 3.8) is 0 Å². The quantitative estimate of drug-likeness (QED) is 0.611. The van der Waals surface area contributed by atoms with E-state index in [0.717, 1.165) is 66.6 Å². The Bertz CT molecular complexity index is 1020. The van der Waals surface area contributed by atoms with Crippen molar-refractivity contribution in [2.24, 2.45) is 0 Å². The van der Waals surface area contributed by atoms with Crippen molar-refractivity contribution in [2.45, 2.75) is 32.8 Å². The van der Waals surface area contributed by atoms with Crippen molar-refractivity contribution in [3.05, 3.63) is 77.2 Å². The molecule has 1 aliphatic heterocycles. The Morgan fingerprint density at radius 2 is 1.66 bits per heavy atom. The molecule has 1 fully saturated rings. The minimum Gasteiger partial charge on any atom is -0.392 e. The first-order valence-electron chi connectivity index (χ1n) is 11.4. The Kier molecular flexibility index (Phi) is 7.12. The van der Waals surface area contributed by atoms with E-state index in [1.807, 2.05) is 49.4 Å². The van der Waals surface area contributed by atoms with Gasteiger partial charge in [-0.1, -0.05) is 49.4 Å². The number of aliphatic hydroxyl groups is 1. The number of hydrogen-bond donors (Lipinski definition) is 1. The summed E-state index contributed by atoms with van der Waals surface area (Å²) in [4.78, 5) is 14.6. The second kappa shape index (κ2) is 10.2. The maximum Gasteiger partial charge on any atom is 0.161 e. The lowest BCUT2D eigenvalue weighted by molar-refractivity contribution is 0.122. The van der Waals surface area contributed by atoms with Crippen LogP contribution in [-0.4, -0.2) is 58.8 Å². The maximum atomic E-state index is 13.5. The first-order valence-corrected chi connectivity index (χ1v) is 11.4. The van der Waals surface area contributed by atoms with Crippen LogP contribution in [0.2, 0.25) is 0 Å². The van der Waals surface area contributed by atoms with Gasteiger partial charge in [-0.15, -0.1) is 0 Å². The Morgan fingerprint density at radius 1 is 0.969 bits per heavy atom. The van der Waals surface area contributed by atoms with Crippen molar-refractivity contribution < 1.29 is 9.50 Å². The zero-order valence-electron chi connectivity index (χ0n) is 18.8. The van der Waals surface area contributed by atoms with Crippen LogP contribution >= 0.6 is 0 Å². The molecule has 0 radical (unpaired) electrons. The summed E-state index contributed by atoms with van der Waals surface area (Å²) in [6, 6.07) is 16.8. The van der Waals surface area contributed by atoms with E-state index in [9.17, 15) is 9.50 Å². The third kappa shape index (κ3) is 5.31. The summed E-state index contributed by atoms with van der Waals surface area (Å²) >= 11 is 0. The second-order valence-corrected chi connectivity index (χ2v) is 8.46. The molecule has 0 spiro atoms. The van der Waals surface area contributed by atoms with Crippen LogP contribution in [0.25, 0.3) is 11.4 Å². The minimum atomic E-state index is -0.328. The summed E-state index contributed by atoms with van der Waals surface area (Å²) in [6.07, 6.45) is 1.14. The van der Waals surface area contributed by atoms with Gasteiger partial charge in [-0.05, 0) is 31.0 Å². The topological polar surface area (TPSA) is 52.5 Å². The molecular weight excluding hydrogens is 403 g/mol. The van der Waals surface area contributed by atoms with Gasteiger partial charge in [0, 0.05) is 56.0 Å². The molecule has 4 rings (SSSR count). The lowest BCUT2D eigenvalue weighted by Crippen LogP contribution is -2.48. The van der Waals surface area contributed by atoms with Crippen LogP contribution in [0.5, 0.6) is 0 Å². The van der Waals surface area contributed by atoms with Gasteiger partial charge in [-0.3, -0.25) is 4.90 Å². The Balaban J connectivity index is 1.71. The molecule has 0 aliphatic carbocycles. The molecule has 6 heteroatoms. The van der Waals surface area contributed by atoms with Gasteiger partial charge in [0.1, 0.15) is 11.6 Å². The molecule has 0 amide bonds. The summed E-state index contributed by atoms with van der Waals surface area (Å²) < 4.78 is 13.5. The zero-order chi connectivity index (χ0) is 22.5. The van der Waals surface area contributed by atoms with Gasteiger partial charge in [-0.25, -0.2) is 14.4 Å². The fourth-order valence-corrected chi connectivity index (χ4v) is 4.29. The summed E-state index contributed by atoms with van der Waals surface area (Å²) in [5.41, 5.74) is 4.20. The van der Waals surface area contributed by atoms with Gasteiger partial charge in [0.05, 0.1) is 6.10 Å². The molecule has 1 aromatic heterocycles. The van der Waals surface area contributed by atoms with Crippen molar-refractivity contribution in [2.75, 3.05) is 37.6 Å². The van der Waals surface area contributed by atoms with Crippen LogP contribution in [0.3, 0.4) is 0 Å². The number of aryl methyl sites for hydroxylation is 1. The van der Waals surface area contributed by atoms with Gasteiger partial charge in [0.25, 0.3) is 0 Å². The zero-order valence-corrected chi connectivity index (χ0v) is 18.8. The monoisotopic (exact) mass is 434 g/mol. The molecule has 32 heavy (non-hydrogen) atoms. The Morgan fingerprint density at radius 3 is 2.28 bits per heavy atom. The normalized spacial score (nSPS) is 15.7. The lowest BCUT2D eigenvalue weighted by Gasteiger charge is -2.37. The van der Waals surface area contributed by atoms with Crippen molar-refractivity contribution >= 4 is 5.82 Å². The lowest BCUT2D eigenvalue weighted by atomic mass is 10.0. The predicted octanol–water partition coefficient (Wildman–Crippen LogP) is 3.94. The van der Waals surface area contributed by atoms with Crippen LogP contribution in [0.4, 0.5) is 10.2 Å². The van der Waals surface area contributed by atoms with E-state index < -0.39 is 0 Å². The van der Waals surface area contributed by atoms with E-state index >= 15 is 0 Å². The molecule has 1 atom stereocenters. The summed E-state index contributed by atoms with van der Waals surface area (Å²) in [7, 11) is 0. The van der Waals surface area contributed by atoms with E-state index in [2.05, 4.69) is 16.7 Å². The third-order valence-corrected chi connectivity index (χ3v) is 5.93. The molecule has 0 bridgehead atoms. The highest BCUT2D eigenvalue weighted by Crippen LogP contribution is 2.29. The Labute approximate surface area is 189 Å². The van der Waals surface area contributed by atoms with Crippen LogP contribution in [-0.2, 0) is 12.8 Å². The number of aromatic nitrogens is 2. The van der Waals surface area contributed by atoms with Gasteiger partial charge in [0.2, 0.25) is 0 Å². The van der Waals surface area contributed by atoms with Crippen molar-refractivity contribution in [1.82, 2.24) is 14.9 Å². The maximum absolute atomic E-state index is 13.5. The first kappa shape index (κ1) is 22.4. The average Bonchev–Trinajstić information content (AvgIpc) is 2.81. The molecule has 2 aromatic carbocycles. The summed E-state index contributed by atoms with van der Waals surface area (Å²) in [5.74, 6) is 1.48. The minimum absolute atomic E-state index is 0.227.